The first-order chi connectivity index (χ1) is 12.3. The van der Waals surface area contributed by atoms with Crippen molar-refractivity contribution in [1.29, 1.82) is 0 Å². The van der Waals surface area contributed by atoms with Crippen molar-refractivity contribution in [3.05, 3.63) is 60.2 Å². The third-order valence-corrected chi connectivity index (χ3v) is 4.56. The first-order valence-electron chi connectivity index (χ1n) is 9.11. The van der Waals surface area contributed by atoms with E-state index in [0.29, 0.717) is 0 Å². The van der Waals surface area contributed by atoms with Crippen LogP contribution in [0.5, 0.6) is 0 Å². The number of likely N-dealkylation sites (N-methyl/N-ethyl adjacent to an activating group) is 1. The van der Waals surface area contributed by atoms with Crippen molar-refractivity contribution in [2.45, 2.75) is 25.5 Å². The highest BCUT2D eigenvalue weighted by Crippen LogP contribution is 2.11. The molecule has 0 N–H and O–H groups in total. The Labute approximate surface area is 150 Å². The molecule has 1 aliphatic heterocycles. The molecule has 0 saturated carbocycles. The van der Waals surface area contributed by atoms with Crippen molar-refractivity contribution in [1.82, 2.24) is 19.8 Å². The quantitative estimate of drug-likeness (QED) is 0.773. The van der Waals surface area contributed by atoms with Gasteiger partial charge in [0.2, 0.25) is 0 Å². The first-order valence-corrected chi connectivity index (χ1v) is 9.11. The van der Waals surface area contributed by atoms with Gasteiger partial charge in [0.05, 0.1) is 11.8 Å². The van der Waals surface area contributed by atoms with Gasteiger partial charge in [-0.2, -0.15) is 0 Å². The van der Waals surface area contributed by atoms with Crippen LogP contribution in [0.2, 0.25) is 0 Å². The average molecular weight is 340 g/mol. The Morgan fingerprint density at radius 1 is 1.24 bits per heavy atom. The van der Waals surface area contributed by atoms with E-state index in [1.807, 2.05) is 6.20 Å². The largest absolute Gasteiger partial charge is 0.376 e. The van der Waals surface area contributed by atoms with E-state index in [-0.39, 0.29) is 6.10 Å². The minimum Gasteiger partial charge on any atom is -0.376 e. The van der Waals surface area contributed by atoms with Crippen LogP contribution in [0.15, 0.2) is 48.9 Å². The molecular weight excluding hydrogens is 312 g/mol. The van der Waals surface area contributed by atoms with Gasteiger partial charge < -0.3 is 9.64 Å². The lowest BCUT2D eigenvalue weighted by atomic mass is 10.2. The zero-order chi connectivity index (χ0) is 17.3. The fraction of sp³-hybridized carbons (Fsp3) is 0.500. The van der Waals surface area contributed by atoms with E-state index in [2.05, 4.69) is 57.1 Å². The second-order valence-corrected chi connectivity index (χ2v) is 6.78. The average Bonchev–Trinajstić information content (AvgIpc) is 2.86. The summed E-state index contributed by atoms with van der Waals surface area (Å²) in [5.74, 6) is 0. The molecule has 5 nitrogen and oxygen atoms in total. The Morgan fingerprint density at radius 2 is 2.12 bits per heavy atom. The van der Waals surface area contributed by atoms with Crippen molar-refractivity contribution in [2.24, 2.45) is 0 Å². The molecule has 1 fully saturated rings. The number of hydrogen-bond acceptors (Lipinski definition) is 5. The number of nitrogens with zero attached hydrogens (tertiary/aromatic N) is 4. The topological polar surface area (TPSA) is 41.5 Å². The fourth-order valence-corrected chi connectivity index (χ4v) is 3.27. The third-order valence-electron chi connectivity index (χ3n) is 4.56. The van der Waals surface area contributed by atoms with Crippen molar-refractivity contribution in [2.75, 3.05) is 39.8 Å². The summed E-state index contributed by atoms with van der Waals surface area (Å²) < 4.78 is 6.08. The summed E-state index contributed by atoms with van der Waals surface area (Å²) in [7, 11) is 2.16. The van der Waals surface area contributed by atoms with Crippen LogP contribution in [0.4, 0.5) is 0 Å². The number of ether oxygens (including phenoxy) is 1. The van der Waals surface area contributed by atoms with Crippen molar-refractivity contribution in [3.8, 4) is 0 Å². The van der Waals surface area contributed by atoms with Gasteiger partial charge in [0, 0.05) is 64.3 Å². The van der Waals surface area contributed by atoms with E-state index >= 15 is 0 Å². The summed E-state index contributed by atoms with van der Waals surface area (Å²) in [6, 6.07) is 10.7. The maximum absolute atomic E-state index is 6.08. The molecule has 0 aliphatic carbocycles. The minimum atomic E-state index is 0.262. The van der Waals surface area contributed by atoms with Crippen molar-refractivity contribution in [3.63, 3.8) is 0 Å². The van der Waals surface area contributed by atoms with Gasteiger partial charge in [-0.3, -0.25) is 14.9 Å². The molecule has 1 aromatic heterocycles. The van der Waals surface area contributed by atoms with Gasteiger partial charge in [0.15, 0.2) is 0 Å². The van der Waals surface area contributed by atoms with Crippen LogP contribution < -0.4 is 0 Å². The monoisotopic (exact) mass is 340 g/mol. The van der Waals surface area contributed by atoms with Gasteiger partial charge in [0.25, 0.3) is 0 Å². The molecule has 1 atom stereocenters. The lowest BCUT2D eigenvalue weighted by Gasteiger charge is -2.27. The Morgan fingerprint density at radius 3 is 2.92 bits per heavy atom. The zero-order valence-corrected chi connectivity index (χ0v) is 15.1. The SMILES string of the molecule is CN(CCc1cnccn1)C[C@H]1CN(Cc2ccccc2)CCCO1. The molecule has 0 radical (unpaired) electrons. The summed E-state index contributed by atoms with van der Waals surface area (Å²) in [5, 5.41) is 0. The van der Waals surface area contributed by atoms with E-state index in [1.54, 1.807) is 12.4 Å². The Balaban J connectivity index is 1.47. The Bertz CT molecular complexity index is 608. The second-order valence-electron chi connectivity index (χ2n) is 6.78. The van der Waals surface area contributed by atoms with Gasteiger partial charge in [-0.15, -0.1) is 0 Å². The number of hydrogen-bond donors (Lipinski definition) is 0. The molecule has 2 aromatic rings. The normalized spacial score (nSPS) is 19.0. The third kappa shape index (κ3) is 6.20. The molecule has 5 heteroatoms. The molecule has 0 amide bonds. The van der Waals surface area contributed by atoms with Crippen LogP contribution in [0, 0.1) is 0 Å². The molecule has 0 bridgehead atoms. The van der Waals surface area contributed by atoms with Crippen LogP contribution in [-0.2, 0) is 17.7 Å². The van der Waals surface area contributed by atoms with Gasteiger partial charge in [-0.05, 0) is 19.0 Å². The van der Waals surface area contributed by atoms with Gasteiger partial charge in [-0.25, -0.2) is 0 Å². The van der Waals surface area contributed by atoms with Crippen LogP contribution in [0.3, 0.4) is 0 Å². The van der Waals surface area contributed by atoms with Gasteiger partial charge >= 0.3 is 0 Å². The van der Waals surface area contributed by atoms with E-state index in [4.69, 9.17) is 4.74 Å². The van der Waals surface area contributed by atoms with E-state index in [9.17, 15) is 0 Å². The molecule has 134 valence electrons. The molecule has 0 unspecified atom stereocenters. The summed E-state index contributed by atoms with van der Waals surface area (Å²) in [5.41, 5.74) is 2.42. The van der Waals surface area contributed by atoms with Gasteiger partial charge in [-0.1, -0.05) is 30.3 Å². The summed E-state index contributed by atoms with van der Waals surface area (Å²) in [6.07, 6.45) is 7.60. The molecule has 25 heavy (non-hydrogen) atoms. The highest BCUT2D eigenvalue weighted by Gasteiger charge is 2.20. The number of benzene rings is 1. The zero-order valence-electron chi connectivity index (χ0n) is 15.1. The minimum absolute atomic E-state index is 0.262. The standard InChI is InChI=1S/C20H28N4O/c1-23(12-8-19-14-21-9-10-22-19)16-20-17-24(11-5-13-25-20)15-18-6-3-2-4-7-18/h2-4,6-7,9-10,14,20H,5,8,11-13,15-17H2,1H3/t20-/m0/s1. The van der Waals surface area contributed by atoms with Crippen LogP contribution in [0.25, 0.3) is 0 Å². The van der Waals surface area contributed by atoms with E-state index in [0.717, 1.165) is 57.9 Å². The highest BCUT2D eigenvalue weighted by molar-refractivity contribution is 5.14. The Kier molecular flexibility index (Phi) is 6.91. The number of aromatic nitrogens is 2. The molecule has 2 heterocycles. The molecule has 1 saturated heterocycles. The van der Waals surface area contributed by atoms with E-state index < -0.39 is 0 Å². The highest BCUT2D eigenvalue weighted by atomic mass is 16.5. The van der Waals surface area contributed by atoms with Crippen LogP contribution in [-0.4, -0.2) is 65.7 Å². The molecule has 1 aliphatic rings. The Hall–Kier alpha value is -1.82. The lowest BCUT2D eigenvalue weighted by molar-refractivity contribution is 0.0314. The van der Waals surface area contributed by atoms with Crippen molar-refractivity contribution >= 4 is 0 Å². The molecular formula is C20H28N4O. The summed E-state index contributed by atoms with van der Waals surface area (Å²) in [4.78, 5) is 13.3. The van der Waals surface area contributed by atoms with Gasteiger partial charge in [0.1, 0.15) is 0 Å². The molecule has 0 spiro atoms. The van der Waals surface area contributed by atoms with E-state index in [1.165, 1.54) is 5.56 Å². The van der Waals surface area contributed by atoms with Crippen molar-refractivity contribution < 1.29 is 4.74 Å². The smallest absolute Gasteiger partial charge is 0.0828 e. The molecule has 3 rings (SSSR count). The number of rotatable bonds is 7. The second kappa shape index (κ2) is 9.61. The first kappa shape index (κ1) is 18.0. The maximum atomic E-state index is 6.08. The summed E-state index contributed by atoms with van der Waals surface area (Å²) >= 11 is 0. The summed E-state index contributed by atoms with van der Waals surface area (Å²) in [6.45, 7) is 5.87. The maximum Gasteiger partial charge on any atom is 0.0828 e. The lowest BCUT2D eigenvalue weighted by Crippen LogP contribution is -2.39. The predicted molar refractivity (Wildman–Crippen MR) is 99.3 cm³/mol. The molecule has 1 aromatic carbocycles. The predicted octanol–water partition coefficient (Wildman–Crippen LogP) is 2.24. The van der Waals surface area contributed by atoms with Crippen LogP contribution in [0.1, 0.15) is 17.7 Å². The van der Waals surface area contributed by atoms with Crippen LogP contribution >= 0.6 is 0 Å². The fourth-order valence-electron chi connectivity index (χ4n) is 3.27.